The molecule has 0 saturated carbocycles. The Balaban J connectivity index is 1.88. The Hall–Kier alpha value is -2.27. The number of rotatable bonds is 1. The van der Waals surface area contributed by atoms with Gasteiger partial charge in [-0.2, -0.15) is 0 Å². The summed E-state index contributed by atoms with van der Waals surface area (Å²) in [4.78, 5) is 4.35. The maximum Gasteiger partial charge on any atom is 0.163 e. The zero-order chi connectivity index (χ0) is 13.5. The summed E-state index contributed by atoms with van der Waals surface area (Å²) in [5.41, 5.74) is 4.47. The largest absolute Gasteiger partial charge is 0.303 e. The second kappa shape index (κ2) is 4.38. The number of aromatic nitrogens is 4. The van der Waals surface area contributed by atoms with E-state index in [2.05, 4.69) is 44.8 Å². The third-order valence-corrected chi connectivity index (χ3v) is 3.83. The van der Waals surface area contributed by atoms with E-state index in [0.29, 0.717) is 0 Å². The van der Waals surface area contributed by atoms with Gasteiger partial charge >= 0.3 is 0 Å². The van der Waals surface area contributed by atoms with Gasteiger partial charge in [0, 0.05) is 18.3 Å². The number of nitrogens with zero attached hydrogens (tertiary/aromatic N) is 4. The van der Waals surface area contributed by atoms with Gasteiger partial charge in [0.25, 0.3) is 0 Å². The van der Waals surface area contributed by atoms with Crippen LogP contribution in [0.1, 0.15) is 28.7 Å². The lowest BCUT2D eigenvalue weighted by atomic mass is 9.94. The highest BCUT2D eigenvalue weighted by molar-refractivity contribution is 5.42. The van der Waals surface area contributed by atoms with Gasteiger partial charge < -0.3 is 5.32 Å². The number of benzene rings is 1. The van der Waals surface area contributed by atoms with Crippen molar-refractivity contribution in [2.75, 3.05) is 6.54 Å². The smallest absolute Gasteiger partial charge is 0.163 e. The Labute approximate surface area is 116 Å². The first-order valence-electron chi connectivity index (χ1n) is 6.81. The van der Waals surface area contributed by atoms with E-state index < -0.39 is 0 Å². The molecule has 5 nitrogen and oxygen atoms in total. The number of hydrogen-bond acceptors (Lipinski definition) is 4. The van der Waals surface area contributed by atoms with Gasteiger partial charge in [0.2, 0.25) is 0 Å². The van der Waals surface area contributed by atoms with Crippen molar-refractivity contribution in [1.82, 2.24) is 24.9 Å². The molecule has 1 aliphatic heterocycles. The van der Waals surface area contributed by atoms with Crippen LogP contribution in [0.3, 0.4) is 0 Å². The molecule has 20 heavy (non-hydrogen) atoms. The molecule has 2 aromatic heterocycles. The molecule has 0 radical (unpaired) electrons. The van der Waals surface area contributed by atoms with E-state index in [1.165, 1.54) is 11.1 Å². The highest BCUT2D eigenvalue weighted by Crippen LogP contribution is 2.27. The zero-order valence-electron chi connectivity index (χ0n) is 11.2. The highest BCUT2D eigenvalue weighted by Gasteiger charge is 2.25. The Morgan fingerprint density at radius 1 is 1.25 bits per heavy atom. The van der Waals surface area contributed by atoms with Crippen molar-refractivity contribution in [3.8, 4) is 0 Å². The Bertz CT molecular complexity index is 777. The van der Waals surface area contributed by atoms with E-state index in [1.807, 2.05) is 17.4 Å². The van der Waals surface area contributed by atoms with Crippen LogP contribution in [-0.4, -0.2) is 26.1 Å². The molecule has 1 aliphatic rings. The predicted molar refractivity (Wildman–Crippen MR) is 75.5 cm³/mol. The van der Waals surface area contributed by atoms with E-state index in [-0.39, 0.29) is 6.04 Å². The number of hydrogen-bond donors (Lipinski definition) is 1. The fourth-order valence-corrected chi connectivity index (χ4v) is 2.84. The van der Waals surface area contributed by atoms with Crippen molar-refractivity contribution in [1.29, 1.82) is 0 Å². The fraction of sp³-hybridized carbons (Fsp3) is 0.267. The first-order valence-corrected chi connectivity index (χ1v) is 6.81. The molecular weight excluding hydrogens is 250 g/mol. The monoisotopic (exact) mass is 265 g/mol. The number of nitrogens with one attached hydrogen (secondary N) is 1. The van der Waals surface area contributed by atoms with Gasteiger partial charge in [0.1, 0.15) is 6.33 Å². The minimum absolute atomic E-state index is 0.0828. The summed E-state index contributed by atoms with van der Waals surface area (Å²) < 4.78 is 1.97. The van der Waals surface area contributed by atoms with Crippen LogP contribution in [0.5, 0.6) is 0 Å². The predicted octanol–water partition coefficient (Wildman–Crippen LogP) is 1.67. The number of aryl methyl sites for hydroxylation is 1. The van der Waals surface area contributed by atoms with Gasteiger partial charge in [-0.1, -0.05) is 24.3 Å². The normalized spacial score (nSPS) is 18.1. The molecule has 3 aromatic rings. The average molecular weight is 265 g/mol. The summed E-state index contributed by atoms with van der Waals surface area (Å²) in [5.74, 6) is 0.902. The van der Waals surface area contributed by atoms with E-state index in [9.17, 15) is 0 Å². The summed E-state index contributed by atoms with van der Waals surface area (Å²) in [6.45, 7) is 2.92. The molecule has 4 rings (SSSR count). The van der Waals surface area contributed by atoms with Crippen LogP contribution in [0.4, 0.5) is 0 Å². The third kappa shape index (κ3) is 1.71. The van der Waals surface area contributed by atoms with Crippen molar-refractivity contribution in [2.45, 2.75) is 19.4 Å². The molecule has 0 aliphatic carbocycles. The summed E-state index contributed by atoms with van der Waals surface area (Å²) in [6.07, 6.45) is 2.86. The van der Waals surface area contributed by atoms with Crippen LogP contribution in [0.2, 0.25) is 0 Å². The molecule has 3 heterocycles. The van der Waals surface area contributed by atoms with Crippen molar-refractivity contribution in [2.24, 2.45) is 0 Å². The lowest BCUT2D eigenvalue weighted by molar-refractivity contribution is 0.539. The minimum atomic E-state index is 0.0828. The summed E-state index contributed by atoms with van der Waals surface area (Å²) in [6, 6.07) is 10.5. The molecule has 0 fully saturated rings. The summed E-state index contributed by atoms with van der Waals surface area (Å²) in [7, 11) is 0. The molecule has 1 atom stereocenters. The first-order chi connectivity index (χ1) is 9.83. The molecule has 1 N–H and O–H groups in total. The molecule has 0 saturated heterocycles. The minimum Gasteiger partial charge on any atom is -0.303 e. The standard InChI is InChI=1S/C15H15N5/c1-10-8-13-18-19-15(20(13)9-17-10)14-12-5-3-2-4-11(12)6-7-16-14/h2-5,8-9,14,16H,6-7H2,1H3. The summed E-state index contributed by atoms with van der Waals surface area (Å²) in [5, 5.41) is 12.2. The van der Waals surface area contributed by atoms with Crippen LogP contribution < -0.4 is 5.32 Å². The zero-order valence-corrected chi connectivity index (χ0v) is 11.2. The average Bonchev–Trinajstić information content (AvgIpc) is 2.89. The quantitative estimate of drug-likeness (QED) is 0.727. The Morgan fingerprint density at radius 3 is 3.10 bits per heavy atom. The van der Waals surface area contributed by atoms with Crippen LogP contribution in [0, 0.1) is 6.92 Å². The maximum absolute atomic E-state index is 4.37. The van der Waals surface area contributed by atoms with E-state index in [1.54, 1.807) is 6.33 Å². The number of fused-ring (bicyclic) bond motifs is 2. The summed E-state index contributed by atoms with van der Waals surface area (Å²) >= 11 is 0. The van der Waals surface area contributed by atoms with Crippen LogP contribution >= 0.6 is 0 Å². The maximum atomic E-state index is 4.37. The molecule has 100 valence electrons. The van der Waals surface area contributed by atoms with E-state index in [4.69, 9.17) is 0 Å². The Kier molecular flexibility index (Phi) is 2.53. The molecule has 1 aromatic carbocycles. The van der Waals surface area contributed by atoms with Gasteiger partial charge in [-0.15, -0.1) is 10.2 Å². The molecule has 0 spiro atoms. The second-order valence-corrected chi connectivity index (χ2v) is 5.15. The second-order valence-electron chi connectivity index (χ2n) is 5.15. The van der Waals surface area contributed by atoms with E-state index in [0.717, 1.165) is 30.1 Å². The van der Waals surface area contributed by atoms with Crippen molar-refractivity contribution >= 4 is 5.65 Å². The molecule has 5 heteroatoms. The lowest BCUT2D eigenvalue weighted by Gasteiger charge is -2.25. The lowest BCUT2D eigenvalue weighted by Crippen LogP contribution is -2.31. The first kappa shape index (κ1) is 11.5. The fourth-order valence-electron chi connectivity index (χ4n) is 2.84. The van der Waals surface area contributed by atoms with Gasteiger partial charge in [-0.3, -0.25) is 4.40 Å². The molecule has 1 unspecified atom stereocenters. The van der Waals surface area contributed by atoms with Gasteiger partial charge in [-0.05, 0) is 24.5 Å². The van der Waals surface area contributed by atoms with Gasteiger partial charge in [0.15, 0.2) is 11.5 Å². The molecule has 0 bridgehead atoms. The van der Waals surface area contributed by atoms with Gasteiger partial charge in [0.05, 0.1) is 6.04 Å². The van der Waals surface area contributed by atoms with E-state index >= 15 is 0 Å². The van der Waals surface area contributed by atoms with Crippen molar-refractivity contribution in [3.05, 3.63) is 59.3 Å². The SMILES string of the molecule is Cc1cc2nnc(C3NCCc4ccccc43)n2cn1. The molecular formula is C15H15N5. The van der Waals surface area contributed by atoms with Crippen LogP contribution in [0.25, 0.3) is 5.65 Å². The van der Waals surface area contributed by atoms with Crippen LogP contribution in [0.15, 0.2) is 36.7 Å². The van der Waals surface area contributed by atoms with Crippen molar-refractivity contribution in [3.63, 3.8) is 0 Å². The topological polar surface area (TPSA) is 55.1 Å². The Morgan fingerprint density at radius 2 is 2.15 bits per heavy atom. The molecule has 0 amide bonds. The third-order valence-electron chi connectivity index (χ3n) is 3.83. The van der Waals surface area contributed by atoms with Gasteiger partial charge in [-0.25, -0.2) is 4.98 Å². The van der Waals surface area contributed by atoms with Crippen LogP contribution in [-0.2, 0) is 6.42 Å². The highest BCUT2D eigenvalue weighted by atomic mass is 15.3. The van der Waals surface area contributed by atoms with Crippen molar-refractivity contribution < 1.29 is 0 Å².